The second kappa shape index (κ2) is 4.46. The molecule has 0 radical (unpaired) electrons. The fourth-order valence-corrected chi connectivity index (χ4v) is 2.32. The highest BCUT2D eigenvalue weighted by Crippen LogP contribution is 2.31. The van der Waals surface area contributed by atoms with Gasteiger partial charge in [0.15, 0.2) is 5.06 Å². The van der Waals surface area contributed by atoms with Gasteiger partial charge in [0.2, 0.25) is 0 Å². The third kappa shape index (κ3) is 2.60. The second-order valence-electron chi connectivity index (χ2n) is 1.88. The molecule has 0 aliphatic carbocycles. The van der Waals surface area contributed by atoms with Gasteiger partial charge >= 0.3 is 0 Å². The van der Waals surface area contributed by atoms with Gasteiger partial charge in [0.1, 0.15) is 0 Å². The molecule has 1 aromatic heterocycles. The molecular weight excluding hydrogens is 176 g/mol. The fraction of sp³-hybridized carbons (Fsp3) is 0.250. The zero-order valence-electron chi connectivity index (χ0n) is 6.37. The molecule has 0 aromatic carbocycles. The summed E-state index contributed by atoms with van der Waals surface area (Å²) in [5, 5.41) is 0.969. The minimum atomic E-state index is 0.962. The van der Waals surface area contributed by atoms with Crippen LogP contribution in [0.2, 0.25) is 0 Å². The van der Waals surface area contributed by atoms with E-state index in [1.807, 2.05) is 12.1 Å². The van der Waals surface area contributed by atoms with Gasteiger partial charge in [-0.3, -0.25) is 0 Å². The highest BCUT2D eigenvalue weighted by molar-refractivity contribution is 8.01. The van der Waals surface area contributed by atoms with E-state index in [2.05, 4.69) is 12.6 Å². The minimum Gasteiger partial charge on any atom is -0.487 e. The van der Waals surface area contributed by atoms with Gasteiger partial charge in [0, 0.05) is 5.75 Å². The maximum absolute atomic E-state index is 5.05. The maximum atomic E-state index is 5.05. The first-order chi connectivity index (χ1) is 5.36. The average molecular weight is 186 g/mol. The molecule has 1 heterocycles. The minimum absolute atomic E-state index is 0.962. The summed E-state index contributed by atoms with van der Waals surface area (Å²) >= 11 is 3.44. The van der Waals surface area contributed by atoms with E-state index in [0.29, 0.717) is 0 Å². The van der Waals surface area contributed by atoms with Crippen molar-refractivity contribution >= 4 is 23.1 Å². The van der Waals surface area contributed by atoms with Crippen molar-refractivity contribution in [1.29, 1.82) is 0 Å². The molecule has 0 amide bonds. The van der Waals surface area contributed by atoms with Crippen LogP contribution >= 0.6 is 23.1 Å². The van der Waals surface area contributed by atoms with E-state index < -0.39 is 0 Å². The summed E-state index contributed by atoms with van der Waals surface area (Å²) in [7, 11) is 1.69. The predicted octanol–water partition coefficient (Wildman–Crippen LogP) is 3.03. The fourth-order valence-electron chi connectivity index (χ4n) is 0.632. The van der Waals surface area contributed by atoms with Gasteiger partial charge in [-0.2, -0.15) is 0 Å². The summed E-state index contributed by atoms with van der Waals surface area (Å²) in [5.74, 6) is 0.962. The van der Waals surface area contributed by atoms with Crippen molar-refractivity contribution in [3.8, 4) is 5.06 Å². The van der Waals surface area contributed by atoms with E-state index in [1.54, 1.807) is 30.2 Å². The molecule has 11 heavy (non-hydrogen) atoms. The molecule has 1 aromatic rings. The number of hydrogen-bond donors (Lipinski definition) is 0. The monoisotopic (exact) mass is 186 g/mol. The van der Waals surface area contributed by atoms with Crippen LogP contribution in [-0.2, 0) is 0 Å². The van der Waals surface area contributed by atoms with Crippen molar-refractivity contribution in [2.45, 2.75) is 4.21 Å². The summed E-state index contributed by atoms with van der Waals surface area (Å²) in [6, 6.07) is 4.05. The summed E-state index contributed by atoms with van der Waals surface area (Å²) in [6.07, 6.45) is 1.90. The zero-order chi connectivity index (χ0) is 8.10. The van der Waals surface area contributed by atoms with Gasteiger partial charge < -0.3 is 4.74 Å². The van der Waals surface area contributed by atoms with Crippen LogP contribution in [0.1, 0.15) is 0 Å². The van der Waals surface area contributed by atoms with Crippen LogP contribution in [0.25, 0.3) is 0 Å². The Labute approximate surface area is 75.1 Å². The summed E-state index contributed by atoms with van der Waals surface area (Å²) in [6.45, 7) is 3.66. The topological polar surface area (TPSA) is 9.23 Å². The molecule has 0 fully saturated rings. The Balaban J connectivity index is 2.50. The molecule has 0 N–H and O–H groups in total. The Morgan fingerprint density at radius 1 is 1.73 bits per heavy atom. The van der Waals surface area contributed by atoms with E-state index >= 15 is 0 Å². The van der Waals surface area contributed by atoms with Crippen LogP contribution in [0.5, 0.6) is 5.06 Å². The van der Waals surface area contributed by atoms with Gasteiger partial charge in [-0.05, 0) is 12.1 Å². The van der Waals surface area contributed by atoms with E-state index in [4.69, 9.17) is 4.74 Å². The van der Waals surface area contributed by atoms with Gasteiger partial charge in [0.25, 0.3) is 0 Å². The SMILES string of the molecule is C=CCSc1ccc(OC)s1. The average Bonchev–Trinajstić information content (AvgIpc) is 2.48. The Kier molecular flexibility index (Phi) is 3.52. The molecule has 0 aliphatic rings. The lowest BCUT2D eigenvalue weighted by atomic mass is 10.6. The Hall–Kier alpha value is -0.410. The standard InChI is InChI=1S/C8H10OS2/c1-3-6-10-8-5-4-7(9-2)11-8/h3-5H,1,6H2,2H3. The molecule has 0 spiro atoms. The number of rotatable bonds is 4. The molecule has 0 saturated heterocycles. The number of hydrogen-bond acceptors (Lipinski definition) is 3. The van der Waals surface area contributed by atoms with Crippen molar-refractivity contribution in [2.24, 2.45) is 0 Å². The number of ether oxygens (including phenoxy) is 1. The Bertz CT molecular complexity index is 230. The van der Waals surface area contributed by atoms with E-state index in [1.165, 1.54) is 4.21 Å². The molecule has 0 bridgehead atoms. The zero-order valence-corrected chi connectivity index (χ0v) is 8.00. The lowest BCUT2D eigenvalue weighted by molar-refractivity contribution is 0.427. The number of methoxy groups -OCH3 is 1. The van der Waals surface area contributed by atoms with Crippen LogP contribution < -0.4 is 4.74 Å². The lowest BCUT2D eigenvalue weighted by Gasteiger charge is -1.90. The van der Waals surface area contributed by atoms with E-state index in [-0.39, 0.29) is 0 Å². The first-order valence-corrected chi connectivity index (χ1v) is 5.04. The molecule has 1 nitrogen and oxygen atoms in total. The molecule has 0 unspecified atom stereocenters. The second-order valence-corrected chi connectivity index (χ2v) is 4.24. The van der Waals surface area contributed by atoms with E-state index in [9.17, 15) is 0 Å². The van der Waals surface area contributed by atoms with Crippen molar-refractivity contribution in [1.82, 2.24) is 0 Å². The molecule has 3 heteroatoms. The van der Waals surface area contributed by atoms with Crippen molar-refractivity contribution in [3.63, 3.8) is 0 Å². The molecule has 1 rings (SSSR count). The van der Waals surface area contributed by atoms with E-state index in [0.717, 1.165) is 10.8 Å². The Morgan fingerprint density at radius 3 is 3.09 bits per heavy atom. The van der Waals surface area contributed by atoms with Crippen LogP contribution in [-0.4, -0.2) is 12.9 Å². The number of thioether (sulfide) groups is 1. The van der Waals surface area contributed by atoms with Crippen LogP contribution in [0, 0.1) is 0 Å². The molecule has 0 aliphatic heterocycles. The highest BCUT2D eigenvalue weighted by atomic mass is 32.2. The summed E-state index contributed by atoms with van der Waals surface area (Å²) < 4.78 is 6.33. The Morgan fingerprint density at radius 2 is 2.55 bits per heavy atom. The number of thiophene rings is 1. The van der Waals surface area contributed by atoms with Crippen LogP contribution in [0.3, 0.4) is 0 Å². The largest absolute Gasteiger partial charge is 0.487 e. The van der Waals surface area contributed by atoms with Gasteiger partial charge in [-0.25, -0.2) is 0 Å². The molecular formula is C8H10OS2. The molecule has 0 atom stereocenters. The summed E-state index contributed by atoms with van der Waals surface area (Å²) in [4.78, 5) is 0. The predicted molar refractivity (Wildman–Crippen MR) is 51.8 cm³/mol. The normalized spacial score (nSPS) is 9.55. The van der Waals surface area contributed by atoms with Crippen molar-refractivity contribution in [2.75, 3.05) is 12.9 Å². The smallest absolute Gasteiger partial charge is 0.174 e. The summed E-state index contributed by atoms with van der Waals surface area (Å²) in [5.41, 5.74) is 0. The van der Waals surface area contributed by atoms with Crippen LogP contribution in [0.15, 0.2) is 29.0 Å². The third-order valence-corrected chi connectivity index (χ3v) is 3.37. The quantitative estimate of drug-likeness (QED) is 0.528. The first kappa shape index (κ1) is 8.68. The molecule has 0 saturated carbocycles. The highest BCUT2D eigenvalue weighted by Gasteiger charge is 1.97. The maximum Gasteiger partial charge on any atom is 0.174 e. The van der Waals surface area contributed by atoms with Gasteiger partial charge in [-0.15, -0.1) is 18.3 Å². The van der Waals surface area contributed by atoms with Crippen molar-refractivity contribution < 1.29 is 4.74 Å². The van der Waals surface area contributed by atoms with Gasteiger partial charge in [0.05, 0.1) is 11.3 Å². The van der Waals surface area contributed by atoms with Gasteiger partial charge in [-0.1, -0.05) is 17.4 Å². The lowest BCUT2D eigenvalue weighted by Crippen LogP contribution is -1.73. The van der Waals surface area contributed by atoms with Crippen molar-refractivity contribution in [3.05, 3.63) is 24.8 Å². The third-order valence-electron chi connectivity index (χ3n) is 1.10. The molecule has 60 valence electrons. The van der Waals surface area contributed by atoms with Crippen LogP contribution in [0.4, 0.5) is 0 Å². The first-order valence-electron chi connectivity index (χ1n) is 3.24.